The lowest BCUT2D eigenvalue weighted by Crippen LogP contribution is -2.69. The van der Waals surface area contributed by atoms with Crippen molar-refractivity contribution in [3.63, 3.8) is 0 Å². The van der Waals surface area contributed by atoms with E-state index in [2.05, 4.69) is 186 Å². The number of allylic oxidation sites excluding steroid dienone is 21. The zero-order valence-electron chi connectivity index (χ0n) is 83.7. The molecule has 15 atom stereocenters. The molecule has 0 saturated carbocycles. The van der Waals surface area contributed by atoms with Gasteiger partial charge in [0, 0.05) is 45.8 Å². The molecule has 2 fully saturated rings. The molecule has 1 aromatic heterocycles. The van der Waals surface area contributed by atoms with E-state index in [0.29, 0.717) is 50.8 Å². The summed E-state index contributed by atoms with van der Waals surface area (Å²) in [6.07, 6.45) is 30.7. The molecule has 0 spiro atoms. The van der Waals surface area contributed by atoms with Gasteiger partial charge in [-0.15, -0.1) is 0 Å². The number of aliphatic carboxylic acids is 2. The number of nitrogens with zero attached hydrogens (tertiary/aromatic N) is 3. The maximum absolute atomic E-state index is 13.8. The first kappa shape index (κ1) is 122. The quantitative estimate of drug-likeness (QED) is 0.00961. The zero-order chi connectivity index (χ0) is 103. The molecule has 2 aliphatic rings. The number of ether oxygens (including phenoxy) is 4. The smallest absolute Gasteiger partial charge is 0.480 e. The molecule has 38 nitrogen and oxygen atoms in total. The summed E-state index contributed by atoms with van der Waals surface area (Å²) in [6.45, 7) is 25.8. The summed E-state index contributed by atoms with van der Waals surface area (Å²) in [5.74, 6) is -8.29. The fourth-order valence-electron chi connectivity index (χ4n) is 15.4. The number of carbonyl (C=O) groups excluding carboxylic acids is 6. The number of hydrogen-bond donors (Lipinski definition) is 15. The number of unbranched alkanes of at least 4 members (excludes halogenated alkanes) is 3. The minimum atomic E-state index is -5.94. The highest BCUT2D eigenvalue weighted by molar-refractivity contribution is 7.61. The molecule has 0 radical (unpaired) electrons. The summed E-state index contributed by atoms with van der Waals surface area (Å²) >= 11 is 0. The molecular weight excluding hydrogens is 1840 g/mol. The van der Waals surface area contributed by atoms with Crippen molar-refractivity contribution in [3.8, 4) is 0 Å². The fraction of sp³-hybridized carbons (Fsp3) is 0.636. The number of aromatic nitrogens is 2. The molecule has 6 amide bonds. The minimum absolute atomic E-state index is 0.00790. The number of carbonyl (C=O) groups is 8. The number of non-ortho nitro benzene ring substituents is 1. The molecule has 780 valence electrons. The Morgan fingerprint density at radius 1 is 0.482 bits per heavy atom. The first-order valence-corrected chi connectivity index (χ1v) is 51.1. The average Bonchev–Trinajstić information content (AvgIpc) is 1.50. The number of benzene rings is 1. The van der Waals surface area contributed by atoms with Gasteiger partial charge in [-0.25, -0.2) is 23.3 Å². The van der Waals surface area contributed by atoms with Crippen LogP contribution in [0.2, 0.25) is 0 Å². The van der Waals surface area contributed by atoms with Crippen LogP contribution in [0.4, 0.5) is 11.4 Å². The van der Waals surface area contributed by atoms with E-state index in [9.17, 15) is 98.0 Å². The zero-order valence-corrected chi connectivity index (χ0v) is 85.5. The number of fused-ring (bicyclic) bond motifs is 1. The van der Waals surface area contributed by atoms with E-state index in [1.807, 2.05) is 6.92 Å². The number of nitrogens with one attached hydrogen (secondary N) is 7. The van der Waals surface area contributed by atoms with Crippen LogP contribution in [0.15, 0.2) is 145 Å². The van der Waals surface area contributed by atoms with Gasteiger partial charge in [0.25, 0.3) is 0 Å². The summed E-state index contributed by atoms with van der Waals surface area (Å²) in [6, 6.07) is -5.75. The van der Waals surface area contributed by atoms with Crippen LogP contribution < -0.4 is 37.2 Å². The number of phosphoric acid groups is 2. The van der Waals surface area contributed by atoms with Gasteiger partial charge in [-0.2, -0.15) is 4.31 Å². The van der Waals surface area contributed by atoms with E-state index < -0.39 is 181 Å². The number of nitro groups is 1. The average molecular weight is 2000 g/mol. The summed E-state index contributed by atoms with van der Waals surface area (Å²) in [7, 11) is -11.5. The van der Waals surface area contributed by atoms with Crippen LogP contribution in [-0.4, -0.2) is 222 Å². The third kappa shape index (κ3) is 50.3. The predicted molar refractivity (Wildman–Crippen MR) is 529 cm³/mol. The molecular formula is C99H156N10O28P2. The van der Waals surface area contributed by atoms with Crippen LogP contribution >= 0.6 is 15.6 Å². The van der Waals surface area contributed by atoms with E-state index in [0.717, 1.165) is 142 Å². The molecule has 0 aliphatic carbocycles. The molecule has 2 saturated heterocycles. The standard InChI is InChI=1S/C99H156N10O28P2/c1-64(2)31-21-32-65(3)33-22-34-66(4)35-23-36-67(5)37-24-38-68(6)39-25-40-69(7)41-26-42-70(8)43-27-44-71(9)45-28-46-72(10)47-29-48-73(11)49-30-50-74(12)57-60-131-138(126,127)137-139(128,129)135-99-90(104-77(15)113)94(93(83(62-111)133-99)134-98-89(103-76(14)112)92(118)91(117)82(61-110)132-98)130-63-86(116)102-75(13)95(119)106-80(97(122)123)54-56-85(115)105-79(96(120)121)51-18-20-59-101-84(114)52-17-16-19-58-100-78-53-55-81(109(124)125)88-87(78)107-136-108-88/h31,33,35,37,39,41,43,45,47,49,53,55,57,75,79-80,82-83,89-94,98-100,110-111,117-118H,16-30,32,34,36,38,40,42,44,46,48,50-52,54,56,58-63H2,1-15H3,(H,101,114)(H,102,116)(H,103,112)(H,104,113)(H,105,115)(H,106,119)(H,120,121)(H,122,123)(H,126,127)(H,128,129)/b65-33+,66-35+,67-37+,68-39-,69-41-,70-43-,71-45-,72-47-,73-49-,74-57-/t75-,79-,80+,82+,83+,89+,90+,91+,92+,93+,94+,98-,99+/m0/s1. The van der Waals surface area contributed by atoms with E-state index in [4.69, 9.17) is 28.0 Å². The van der Waals surface area contributed by atoms with Crippen LogP contribution in [0, 0.1) is 10.1 Å². The van der Waals surface area contributed by atoms with E-state index in [-0.39, 0.29) is 48.4 Å². The van der Waals surface area contributed by atoms with Gasteiger partial charge in [0.05, 0.1) is 30.4 Å². The Morgan fingerprint density at radius 2 is 0.921 bits per heavy atom. The summed E-state index contributed by atoms with van der Waals surface area (Å²) < 4.78 is 70.6. The van der Waals surface area contributed by atoms with Crippen LogP contribution in [0.5, 0.6) is 0 Å². The molecule has 40 heteroatoms. The molecule has 4 rings (SSSR count). The number of aliphatic hydroxyl groups is 4. The van der Waals surface area contributed by atoms with Gasteiger partial charge < -0.3 is 96.6 Å². The Balaban J connectivity index is 1.24. The number of amides is 6. The maximum atomic E-state index is 13.8. The SMILES string of the molecule is CC(=O)N[C@H]1[C@H](O[C@H]2[C@H](OCC(=O)N[C@@H](C)C(=O)N[C@H](CCC(=O)N[C@@H](CCCCNC(=O)CCCCCNc3ccc([N+](=O)[O-])c4nonc34)C(=O)O)C(=O)O)[C@@H](NC(C)=O)[C@@H](OP(=O)(O)OP(=O)(O)OC/C=C(/C)CC/C=C(/C)CC/C=C(/C)CC/C=C(/C)CC/C=C(/C)CC/C=C(/C)CC/C=C(/C)CC/C=C(\C)CC/C=C(\C)CC/C=C(\C)CCC=C(C)C)O[C@@H]2CO)O[C@H](CO)[C@@H](O)[C@@H]1O. The molecule has 15 N–H and O–H groups in total. The molecule has 1 aromatic carbocycles. The second kappa shape index (κ2) is 65.7. The largest absolute Gasteiger partial charge is 0.483 e. The summed E-state index contributed by atoms with van der Waals surface area (Å²) in [5, 5.41) is 98.9. The Hall–Kier alpha value is -9.34. The maximum Gasteiger partial charge on any atom is 0.483 e. The van der Waals surface area contributed by atoms with Gasteiger partial charge in [-0.3, -0.25) is 47.9 Å². The van der Waals surface area contributed by atoms with Crippen LogP contribution in [0.1, 0.15) is 290 Å². The van der Waals surface area contributed by atoms with Crippen molar-refractivity contribution < 1.29 is 130 Å². The normalized spacial score (nSPS) is 21.1. The van der Waals surface area contributed by atoms with Crippen molar-refractivity contribution in [1.82, 2.24) is 42.2 Å². The number of anilines is 1. The number of phosphoric ester groups is 2. The first-order chi connectivity index (χ1) is 65.8. The minimum Gasteiger partial charge on any atom is -0.480 e. The fourth-order valence-corrected chi connectivity index (χ4v) is 17.4. The molecule has 139 heavy (non-hydrogen) atoms. The van der Waals surface area contributed by atoms with Crippen LogP contribution in [-0.2, 0) is 79.8 Å². The van der Waals surface area contributed by atoms with Crippen molar-refractivity contribution in [2.45, 2.75) is 369 Å². The van der Waals surface area contributed by atoms with Gasteiger partial charge in [0.1, 0.15) is 73.4 Å². The lowest BCUT2D eigenvalue weighted by molar-refractivity contribution is -0.383. The highest BCUT2D eigenvalue weighted by Crippen LogP contribution is 2.61. The number of hydrogen-bond acceptors (Lipinski definition) is 27. The van der Waals surface area contributed by atoms with Gasteiger partial charge in [0.2, 0.25) is 41.0 Å². The number of aliphatic hydroxyl groups excluding tert-OH is 4. The number of carboxylic acids is 2. The van der Waals surface area contributed by atoms with E-state index in [1.54, 1.807) is 6.92 Å². The van der Waals surface area contributed by atoms with Gasteiger partial charge in [-0.1, -0.05) is 135 Å². The van der Waals surface area contributed by atoms with Crippen LogP contribution in [0.25, 0.3) is 11.0 Å². The Morgan fingerprint density at radius 3 is 1.37 bits per heavy atom. The lowest BCUT2D eigenvalue weighted by atomic mass is 9.94. The highest BCUT2D eigenvalue weighted by Gasteiger charge is 2.55. The molecule has 2 unspecified atom stereocenters. The first-order valence-electron chi connectivity index (χ1n) is 48.2. The molecule has 2 aromatic rings. The van der Waals surface area contributed by atoms with Crippen LogP contribution in [0.3, 0.4) is 0 Å². The third-order valence-corrected chi connectivity index (χ3v) is 26.1. The van der Waals surface area contributed by atoms with Gasteiger partial charge in [-0.05, 0) is 273 Å². The topological polar surface area (TPSA) is 563 Å². The summed E-state index contributed by atoms with van der Waals surface area (Å²) in [4.78, 5) is 136. The molecule has 3 heterocycles. The van der Waals surface area contributed by atoms with Crippen molar-refractivity contribution in [3.05, 3.63) is 150 Å². The van der Waals surface area contributed by atoms with Crippen molar-refractivity contribution in [1.29, 1.82) is 0 Å². The Kier molecular flexibility index (Phi) is 57.6. The van der Waals surface area contributed by atoms with E-state index >= 15 is 0 Å². The Labute approximate surface area is 818 Å². The second-order valence-electron chi connectivity index (χ2n) is 36.5. The van der Waals surface area contributed by atoms with Gasteiger partial charge >= 0.3 is 33.3 Å². The van der Waals surface area contributed by atoms with Gasteiger partial charge in [0.15, 0.2) is 18.1 Å². The lowest BCUT2D eigenvalue weighted by Gasteiger charge is -2.49. The molecule has 0 bridgehead atoms. The number of rotatable bonds is 68. The van der Waals surface area contributed by atoms with Crippen molar-refractivity contribution in [2.24, 2.45) is 0 Å². The molecule has 2 aliphatic heterocycles. The summed E-state index contributed by atoms with van der Waals surface area (Å²) in [5.41, 5.74) is 15.2. The van der Waals surface area contributed by atoms with E-state index in [1.165, 1.54) is 73.9 Å². The van der Waals surface area contributed by atoms with Crippen molar-refractivity contribution in [2.75, 3.05) is 44.8 Å². The monoisotopic (exact) mass is 2000 g/mol. The third-order valence-electron chi connectivity index (χ3n) is 23.5. The number of nitro benzene ring substituents is 1. The van der Waals surface area contributed by atoms with Crippen molar-refractivity contribution >= 4 is 85.4 Å². The highest BCUT2D eigenvalue weighted by atomic mass is 31.3. The Bertz CT molecular complexity index is 4740. The second-order valence-corrected chi connectivity index (χ2v) is 39.5. The number of carboxylic acid groups (broad SMARTS) is 2. The predicted octanol–water partition coefficient (Wildman–Crippen LogP) is 15.2.